The molecule has 2 aromatic carbocycles. The van der Waals surface area contributed by atoms with E-state index < -0.39 is 0 Å². The fourth-order valence-electron chi connectivity index (χ4n) is 2.79. The van der Waals surface area contributed by atoms with Crippen molar-refractivity contribution in [2.75, 3.05) is 28.4 Å². The molecule has 142 valence electrons. The van der Waals surface area contributed by atoms with Gasteiger partial charge in [-0.3, -0.25) is 0 Å². The van der Waals surface area contributed by atoms with Crippen molar-refractivity contribution in [3.8, 4) is 45.6 Å². The molecular formula is C20H21NO6. The maximum Gasteiger partial charge on any atom is 0.173 e. The van der Waals surface area contributed by atoms with Gasteiger partial charge in [0.05, 0.1) is 40.6 Å². The summed E-state index contributed by atoms with van der Waals surface area (Å²) in [5, 5.41) is 14.2. The van der Waals surface area contributed by atoms with Gasteiger partial charge in [0.25, 0.3) is 0 Å². The molecule has 0 aliphatic carbocycles. The van der Waals surface area contributed by atoms with Gasteiger partial charge in [0.15, 0.2) is 5.76 Å². The fraction of sp³-hybridized carbons (Fsp3) is 0.250. The lowest BCUT2D eigenvalue weighted by Crippen LogP contribution is -1.93. The van der Waals surface area contributed by atoms with Gasteiger partial charge in [-0.15, -0.1) is 0 Å². The molecule has 0 aliphatic rings. The summed E-state index contributed by atoms with van der Waals surface area (Å²) >= 11 is 0. The molecule has 0 amide bonds. The number of aromatic nitrogens is 1. The van der Waals surface area contributed by atoms with Crippen LogP contribution in [-0.2, 0) is 6.61 Å². The lowest BCUT2D eigenvalue weighted by molar-refractivity contribution is 0.281. The highest BCUT2D eigenvalue weighted by molar-refractivity contribution is 5.75. The monoisotopic (exact) mass is 371 g/mol. The van der Waals surface area contributed by atoms with E-state index in [2.05, 4.69) is 5.16 Å². The average Bonchev–Trinajstić information content (AvgIpc) is 3.16. The molecule has 27 heavy (non-hydrogen) atoms. The van der Waals surface area contributed by atoms with Crippen molar-refractivity contribution in [3.63, 3.8) is 0 Å². The van der Waals surface area contributed by atoms with E-state index in [0.29, 0.717) is 51.1 Å². The highest BCUT2D eigenvalue weighted by Gasteiger charge is 2.21. The molecule has 0 aliphatic heterocycles. The molecule has 1 aromatic heterocycles. The number of methoxy groups -OCH3 is 4. The Morgan fingerprint density at radius 3 is 1.59 bits per heavy atom. The summed E-state index contributed by atoms with van der Waals surface area (Å²) in [5.74, 6) is 2.87. The SMILES string of the molecule is COc1cc(OC)cc(-c2noc(-c3cc(OC)cc(OC)c3)c2CO)c1. The second kappa shape index (κ2) is 8.01. The Kier molecular flexibility index (Phi) is 5.52. The van der Waals surface area contributed by atoms with Crippen molar-refractivity contribution >= 4 is 0 Å². The van der Waals surface area contributed by atoms with Crippen LogP contribution >= 0.6 is 0 Å². The van der Waals surface area contributed by atoms with E-state index in [4.69, 9.17) is 23.5 Å². The first-order valence-corrected chi connectivity index (χ1v) is 8.19. The molecule has 7 nitrogen and oxygen atoms in total. The molecule has 0 saturated heterocycles. The second-order valence-electron chi connectivity index (χ2n) is 5.70. The van der Waals surface area contributed by atoms with Gasteiger partial charge in [0.1, 0.15) is 28.7 Å². The Balaban J connectivity index is 2.14. The summed E-state index contributed by atoms with van der Waals surface area (Å²) in [6.07, 6.45) is 0. The van der Waals surface area contributed by atoms with E-state index in [1.807, 2.05) is 0 Å². The van der Waals surface area contributed by atoms with Crippen LogP contribution < -0.4 is 18.9 Å². The minimum absolute atomic E-state index is 0.257. The van der Waals surface area contributed by atoms with Gasteiger partial charge in [-0.05, 0) is 24.3 Å². The number of aliphatic hydroxyl groups is 1. The van der Waals surface area contributed by atoms with Gasteiger partial charge >= 0.3 is 0 Å². The van der Waals surface area contributed by atoms with Gasteiger partial charge in [-0.2, -0.15) is 0 Å². The molecule has 3 rings (SSSR count). The molecule has 0 bridgehead atoms. The fourth-order valence-corrected chi connectivity index (χ4v) is 2.79. The first kappa shape index (κ1) is 18.6. The van der Waals surface area contributed by atoms with E-state index in [0.717, 1.165) is 0 Å². The normalized spacial score (nSPS) is 10.6. The second-order valence-corrected chi connectivity index (χ2v) is 5.70. The number of hydrogen-bond acceptors (Lipinski definition) is 7. The van der Waals surface area contributed by atoms with E-state index in [9.17, 15) is 5.11 Å². The quantitative estimate of drug-likeness (QED) is 0.680. The molecule has 0 radical (unpaired) electrons. The molecule has 1 N–H and O–H groups in total. The summed E-state index contributed by atoms with van der Waals surface area (Å²) in [6, 6.07) is 10.7. The molecule has 3 aromatic rings. The highest BCUT2D eigenvalue weighted by Crippen LogP contribution is 2.38. The third kappa shape index (κ3) is 3.68. The van der Waals surface area contributed by atoms with E-state index in [-0.39, 0.29) is 6.61 Å². The van der Waals surface area contributed by atoms with E-state index in [1.54, 1.807) is 64.8 Å². The number of hydrogen-bond donors (Lipinski definition) is 1. The zero-order valence-electron chi connectivity index (χ0n) is 15.6. The zero-order valence-corrected chi connectivity index (χ0v) is 15.6. The first-order chi connectivity index (χ1) is 13.1. The Bertz CT molecular complexity index is 817. The predicted molar refractivity (Wildman–Crippen MR) is 99.5 cm³/mol. The third-order valence-corrected chi connectivity index (χ3v) is 4.18. The lowest BCUT2D eigenvalue weighted by atomic mass is 10.0. The number of ether oxygens (including phenoxy) is 4. The van der Waals surface area contributed by atoms with Gasteiger partial charge in [0.2, 0.25) is 0 Å². The third-order valence-electron chi connectivity index (χ3n) is 4.18. The van der Waals surface area contributed by atoms with Crippen LogP contribution in [-0.4, -0.2) is 38.7 Å². The van der Waals surface area contributed by atoms with Crippen molar-refractivity contribution in [2.45, 2.75) is 6.61 Å². The average molecular weight is 371 g/mol. The van der Waals surface area contributed by atoms with Gasteiger partial charge in [-0.25, -0.2) is 0 Å². The minimum Gasteiger partial charge on any atom is -0.497 e. The van der Waals surface area contributed by atoms with Crippen molar-refractivity contribution < 1.29 is 28.6 Å². The van der Waals surface area contributed by atoms with Crippen LogP contribution in [0.1, 0.15) is 5.56 Å². The van der Waals surface area contributed by atoms with Crippen LogP contribution in [0, 0.1) is 0 Å². The van der Waals surface area contributed by atoms with Crippen molar-refractivity contribution in [3.05, 3.63) is 42.0 Å². The molecule has 0 fully saturated rings. The maximum atomic E-state index is 9.99. The van der Waals surface area contributed by atoms with Crippen LogP contribution in [0.2, 0.25) is 0 Å². The smallest absolute Gasteiger partial charge is 0.173 e. The maximum absolute atomic E-state index is 9.99. The van der Waals surface area contributed by atoms with Crippen molar-refractivity contribution in [1.29, 1.82) is 0 Å². The molecule has 1 heterocycles. The van der Waals surface area contributed by atoms with Crippen LogP contribution in [0.3, 0.4) is 0 Å². The predicted octanol–water partition coefficient (Wildman–Crippen LogP) is 3.54. The largest absolute Gasteiger partial charge is 0.497 e. The van der Waals surface area contributed by atoms with Crippen molar-refractivity contribution in [2.24, 2.45) is 0 Å². The molecular weight excluding hydrogens is 350 g/mol. The molecule has 7 heteroatoms. The lowest BCUT2D eigenvalue weighted by Gasteiger charge is -2.09. The molecule has 0 spiro atoms. The molecule has 0 unspecified atom stereocenters. The number of aliphatic hydroxyl groups excluding tert-OH is 1. The van der Waals surface area contributed by atoms with Gasteiger partial charge in [0, 0.05) is 23.3 Å². The van der Waals surface area contributed by atoms with E-state index >= 15 is 0 Å². The number of nitrogens with zero attached hydrogens (tertiary/aromatic N) is 1. The van der Waals surface area contributed by atoms with Crippen LogP contribution in [0.15, 0.2) is 40.9 Å². The molecule has 0 atom stereocenters. The number of benzene rings is 2. The summed E-state index contributed by atoms with van der Waals surface area (Å²) in [6.45, 7) is -0.257. The Morgan fingerprint density at radius 2 is 1.19 bits per heavy atom. The summed E-state index contributed by atoms with van der Waals surface area (Å²) in [4.78, 5) is 0. The highest BCUT2D eigenvalue weighted by atomic mass is 16.5. The standard InChI is InChI=1S/C20H21NO6/c1-23-14-5-12(6-15(9-14)24-2)19-18(11-22)20(27-21-19)13-7-16(25-3)10-17(8-13)26-4/h5-10,22H,11H2,1-4H3. The summed E-state index contributed by atoms with van der Waals surface area (Å²) in [7, 11) is 6.28. The minimum atomic E-state index is -0.257. The van der Waals surface area contributed by atoms with Crippen molar-refractivity contribution in [1.82, 2.24) is 5.16 Å². The Morgan fingerprint density at radius 1 is 0.741 bits per heavy atom. The zero-order chi connectivity index (χ0) is 19.4. The summed E-state index contributed by atoms with van der Waals surface area (Å²) in [5.41, 5.74) is 2.44. The topological polar surface area (TPSA) is 83.2 Å². The first-order valence-electron chi connectivity index (χ1n) is 8.19. The summed E-state index contributed by atoms with van der Waals surface area (Å²) < 4.78 is 26.8. The Labute approximate surface area is 157 Å². The van der Waals surface area contributed by atoms with Gasteiger partial charge in [-0.1, -0.05) is 5.16 Å². The van der Waals surface area contributed by atoms with E-state index in [1.165, 1.54) is 0 Å². The van der Waals surface area contributed by atoms with Crippen LogP contribution in [0.4, 0.5) is 0 Å². The van der Waals surface area contributed by atoms with Gasteiger partial charge < -0.3 is 28.6 Å². The Hall–Kier alpha value is -3.19. The van der Waals surface area contributed by atoms with Crippen LogP contribution in [0.5, 0.6) is 23.0 Å². The molecule has 0 saturated carbocycles. The number of rotatable bonds is 7. The van der Waals surface area contributed by atoms with Crippen LogP contribution in [0.25, 0.3) is 22.6 Å².